The van der Waals surface area contributed by atoms with Gasteiger partial charge < -0.3 is 4.98 Å². The molecule has 2 aromatic rings. The molecule has 0 aliphatic rings. The number of hydrogen-bond donors (Lipinski definition) is 1. The Bertz CT molecular complexity index is 584. The van der Waals surface area contributed by atoms with Crippen LogP contribution in [0.3, 0.4) is 0 Å². The average molecular weight is 316 g/mol. The van der Waals surface area contributed by atoms with Crippen LogP contribution in [0.4, 0.5) is 0 Å². The minimum absolute atomic E-state index is 0.512. The van der Waals surface area contributed by atoms with Crippen LogP contribution in [0.2, 0.25) is 10.0 Å². The van der Waals surface area contributed by atoms with E-state index in [0.717, 1.165) is 10.0 Å². The third-order valence-corrected chi connectivity index (χ3v) is 3.32. The molecule has 2 nitrogen and oxygen atoms in total. The fraction of sp³-hybridized carbons (Fsp3) is 0. The van der Waals surface area contributed by atoms with Crippen molar-refractivity contribution in [1.82, 2.24) is 4.98 Å². The van der Waals surface area contributed by atoms with Gasteiger partial charge in [0.25, 0.3) is 0 Å². The second-order valence-corrected chi connectivity index (χ2v) is 4.82. The lowest BCUT2D eigenvalue weighted by Gasteiger charge is -2.03. The highest BCUT2D eigenvalue weighted by Gasteiger charge is 2.13. The van der Waals surface area contributed by atoms with E-state index in [1.54, 1.807) is 24.4 Å². The Balaban J connectivity index is 2.64. The van der Waals surface area contributed by atoms with E-state index in [2.05, 4.69) is 27.0 Å². The van der Waals surface area contributed by atoms with Gasteiger partial charge in [-0.1, -0.05) is 23.2 Å². The molecular weight excluding hydrogens is 311 g/mol. The highest BCUT2D eigenvalue weighted by atomic mass is 79.9. The lowest BCUT2D eigenvalue weighted by atomic mass is 10.1. The summed E-state index contributed by atoms with van der Waals surface area (Å²) in [5.41, 5.74) is 1.98. The smallest absolute Gasteiger partial charge is 0.103 e. The number of nitrogens with one attached hydrogen (secondary N) is 1. The van der Waals surface area contributed by atoms with E-state index in [1.165, 1.54) is 0 Å². The van der Waals surface area contributed by atoms with Gasteiger partial charge in [0.05, 0.1) is 20.8 Å². The van der Waals surface area contributed by atoms with Crippen molar-refractivity contribution >= 4 is 39.1 Å². The second-order valence-electron chi connectivity index (χ2n) is 3.12. The molecule has 0 unspecified atom stereocenters. The van der Waals surface area contributed by atoms with Gasteiger partial charge in [0.2, 0.25) is 0 Å². The summed E-state index contributed by atoms with van der Waals surface area (Å²) in [6.45, 7) is 0. The quantitative estimate of drug-likeness (QED) is 0.819. The topological polar surface area (TPSA) is 39.6 Å². The Morgan fingerprint density at radius 3 is 2.69 bits per heavy atom. The van der Waals surface area contributed by atoms with Crippen molar-refractivity contribution in [3.63, 3.8) is 0 Å². The van der Waals surface area contributed by atoms with Gasteiger partial charge in [-0.05, 0) is 34.1 Å². The van der Waals surface area contributed by atoms with E-state index in [0.29, 0.717) is 21.3 Å². The van der Waals surface area contributed by atoms with Crippen molar-refractivity contribution in [1.29, 1.82) is 5.26 Å². The molecule has 1 heterocycles. The molecule has 0 radical (unpaired) electrons. The van der Waals surface area contributed by atoms with E-state index in [9.17, 15) is 0 Å². The summed E-state index contributed by atoms with van der Waals surface area (Å²) in [4.78, 5) is 3.00. The molecule has 16 heavy (non-hydrogen) atoms. The van der Waals surface area contributed by atoms with E-state index in [1.807, 2.05) is 0 Å². The number of aromatic amines is 1. The molecule has 0 spiro atoms. The van der Waals surface area contributed by atoms with Gasteiger partial charge in [-0.2, -0.15) is 5.26 Å². The number of halogens is 3. The Labute approximate surface area is 111 Å². The molecule has 0 saturated heterocycles. The van der Waals surface area contributed by atoms with Crippen LogP contribution >= 0.6 is 39.1 Å². The van der Waals surface area contributed by atoms with Crippen LogP contribution in [0, 0.1) is 11.3 Å². The van der Waals surface area contributed by atoms with Crippen molar-refractivity contribution in [2.24, 2.45) is 0 Å². The molecule has 1 N–H and O–H groups in total. The highest BCUT2D eigenvalue weighted by molar-refractivity contribution is 9.10. The molecule has 0 atom stereocenters. The van der Waals surface area contributed by atoms with E-state index >= 15 is 0 Å². The molecule has 0 aliphatic heterocycles. The van der Waals surface area contributed by atoms with Crippen LogP contribution < -0.4 is 0 Å². The second kappa shape index (κ2) is 4.50. The van der Waals surface area contributed by atoms with Gasteiger partial charge >= 0.3 is 0 Å². The molecule has 1 aromatic heterocycles. The summed E-state index contributed by atoms with van der Waals surface area (Å²) in [7, 11) is 0. The summed E-state index contributed by atoms with van der Waals surface area (Å²) < 4.78 is 0.719. The fourth-order valence-corrected chi connectivity index (χ4v) is 2.32. The van der Waals surface area contributed by atoms with E-state index < -0.39 is 0 Å². The van der Waals surface area contributed by atoms with E-state index in [4.69, 9.17) is 28.5 Å². The van der Waals surface area contributed by atoms with Gasteiger partial charge in [-0.3, -0.25) is 0 Å². The summed E-state index contributed by atoms with van der Waals surface area (Å²) in [5.74, 6) is 0. The van der Waals surface area contributed by atoms with Gasteiger partial charge in [0.1, 0.15) is 6.07 Å². The van der Waals surface area contributed by atoms with Crippen molar-refractivity contribution in [3.8, 4) is 17.3 Å². The summed E-state index contributed by atoms with van der Waals surface area (Å²) in [5, 5.41) is 10.1. The monoisotopic (exact) mass is 314 g/mol. The third kappa shape index (κ3) is 1.97. The lowest BCUT2D eigenvalue weighted by molar-refractivity contribution is 1.39. The molecule has 0 aliphatic carbocycles. The number of hydrogen-bond acceptors (Lipinski definition) is 1. The predicted octanol–water partition coefficient (Wildman–Crippen LogP) is 4.62. The maximum Gasteiger partial charge on any atom is 0.103 e. The molecule has 0 amide bonds. The maximum atomic E-state index is 9.03. The van der Waals surface area contributed by atoms with Gasteiger partial charge in [0.15, 0.2) is 0 Å². The molecule has 2 rings (SSSR count). The van der Waals surface area contributed by atoms with Crippen LogP contribution in [-0.2, 0) is 0 Å². The van der Waals surface area contributed by atoms with Gasteiger partial charge in [-0.25, -0.2) is 0 Å². The number of rotatable bonds is 1. The Morgan fingerprint density at radius 1 is 1.31 bits per heavy atom. The lowest BCUT2D eigenvalue weighted by Crippen LogP contribution is -1.83. The minimum atomic E-state index is 0.512. The van der Waals surface area contributed by atoms with E-state index in [-0.39, 0.29) is 0 Å². The third-order valence-electron chi connectivity index (χ3n) is 2.14. The zero-order valence-electron chi connectivity index (χ0n) is 7.89. The largest absolute Gasteiger partial charge is 0.359 e. The molecule has 0 fully saturated rings. The molecule has 0 saturated carbocycles. The zero-order chi connectivity index (χ0) is 11.7. The van der Waals surface area contributed by atoms with Crippen LogP contribution in [0.5, 0.6) is 0 Å². The van der Waals surface area contributed by atoms with Crippen LogP contribution in [0.15, 0.2) is 28.9 Å². The van der Waals surface area contributed by atoms with Crippen LogP contribution in [0.25, 0.3) is 11.3 Å². The number of nitrogens with zero attached hydrogens (tertiary/aromatic N) is 1. The number of H-pyrrole nitrogens is 1. The molecule has 5 heteroatoms. The fourth-order valence-electron chi connectivity index (χ4n) is 1.41. The Hall–Kier alpha value is -0.950. The normalized spacial score (nSPS) is 10.1. The van der Waals surface area contributed by atoms with Crippen molar-refractivity contribution in [2.75, 3.05) is 0 Å². The number of benzene rings is 1. The van der Waals surface area contributed by atoms with Crippen LogP contribution in [-0.4, -0.2) is 4.98 Å². The minimum Gasteiger partial charge on any atom is -0.359 e. The van der Waals surface area contributed by atoms with Crippen LogP contribution in [0.1, 0.15) is 5.56 Å². The standard InChI is InChI=1S/C11H5BrCl2N2/c12-9-5-16-11(8(9)4-15)7-2-1-6(13)3-10(7)14/h1-3,5,16H. The van der Waals surface area contributed by atoms with Crippen molar-refractivity contribution in [3.05, 3.63) is 44.5 Å². The first-order valence-corrected chi connectivity index (χ1v) is 5.90. The van der Waals surface area contributed by atoms with Gasteiger partial charge in [-0.15, -0.1) is 0 Å². The van der Waals surface area contributed by atoms with Crippen molar-refractivity contribution < 1.29 is 0 Å². The molecule has 1 aromatic carbocycles. The Morgan fingerprint density at radius 2 is 2.06 bits per heavy atom. The van der Waals surface area contributed by atoms with Gasteiger partial charge in [0, 0.05) is 16.8 Å². The zero-order valence-corrected chi connectivity index (χ0v) is 11.0. The summed E-state index contributed by atoms with van der Waals surface area (Å²) in [6.07, 6.45) is 1.71. The predicted molar refractivity (Wildman–Crippen MR) is 68.7 cm³/mol. The molecule has 0 bridgehead atoms. The SMILES string of the molecule is N#Cc1c(Br)c[nH]c1-c1ccc(Cl)cc1Cl. The number of aromatic nitrogens is 1. The highest BCUT2D eigenvalue weighted by Crippen LogP contribution is 2.34. The summed E-state index contributed by atoms with van der Waals surface area (Å²) in [6, 6.07) is 7.28. The first kappa shape index (κ1) is 11.5. The molecule has 80 valence electrons. The Kier molecular flexibility index (Phi) is 3.25. The average Bonchev–Trinajstić information content (AvgIpc) is 2.59. The molecular formula is C11H5BrCl2N2. The number of nitriles is 1. The summed E-state index contributed by atoms with van der Waals surface area (Å²) >= 11 is 15.2. The first-order chi connectivity index (χ1) is 7.63. The van der Waals surface area contributed by atoms with Crippen molar-refractivity contribution in [2.45, 2.75) is 0 Å². The first-order valence-electron chi connectivity index (χ1n) is 4.36. The maximum absolute atomic E-state index is 9.03.